The number of hydrogen-bond acceptors (Lipinski definition) is 4. The van der Waals surface area contributed by atoms with Crippen molar-refractivity contribution >= 4 is 17.2 Å². The molecule has 0 bridgehead atoms. The molecule has 0 aromatic carbocycles. The highest BCUT2D eigenvalue weighted by Gasteiger charge is 2.28. The lowest BCUT2D eigenvalue weighted by atomic mass is 9.98. The molecule has 0 N–H and O–H groups in total. The Morgan fingerprint density at radius 3 is 2.83 bits per heavy atom. The minimum absolute atomic E-state index is 0.0856. The lowest BCUT2D eigenvalue weighted by Gasteiger charge is -2.31. The molecule has 0 spiro atoms. The van der Waals surface area contributed by atoms with Crippen LogP contribution < -0.4 is 0 Å². The molecular formula is C18H26N4OS. The molecule has 5 nitrogen and oxygen atoms in total. The zero-order valence-corrected chi connectivity index (χ0v) is 15.8. The SMILES string of the molecule is CCc1csc(C2CCCN(C(=O)c3cnn(C(C)(C)C)c3)C2)n1. The molecule has 1 atom stereocenters. The van der Waals surface area contributed by atoms with Crippen molar-refractivity contribution in [2.45, 2.75) is 58.4 Å². The highest BCUT2D eigenvalue weighted by Crippen LogP contribution is 2.30. The molecule has 2 aromatic heterocycles. The number of nitrogens with zero attached hydrogens (tertiary/aromatic N) is 4. The Labute approximate surface area is 147 Å². The van der Waals surface area contributed by atoms with Crippen LogP contribution in [-0.4, -0.2) is 38.7 Å². The number of amides is 1. The second-order valence-electron chi connectivity index (χ2n) is 7.47. The summed E-state index contributed by atoms with van der Waals surface area (Å²) in [6.07, 6.45) is 6.67. The lowest BCUT2D eigenvalue weighted by molar-refractivity contribution is 0.0707. The zero-order chi connectivity index (χ0) is 17.3. The van der Waals surface area contributed by atoms with Crippen LogP contribution in [-0.2, 0) is 12.0 Å². The molecule has 1 aliphatic rings. The topological polar surface area (TPSA) is 51.0 Å². The number of thiazole rings is 1. The first kappa shape index (κ1) is 17.1. The van der Waals surface area contributed by atoms with Gasteiger partial charge in [-0.25, -0.2) is 4.98 Å². The van der Waals surface area contributed by atoms with Crippen LogP contribution in [0.15, 0.2) is 17.8 Å². The van der Waals surface area contributed by atoms with Gasteiger partial charge in [0.25, 0.3) is 5.91 Å². The van der Waals surface area contributed by atoms with Crippen LogP contribution in [0.3, 0.4) is 0 Å². The number of likely N-dealkylation sites (tertiary alicyclic amines) is 1. The lowest BCUT2D eigenvalue weighted by Crippen LogP contribution is -2.39. The summed E-state index contributed by atoms with van der Waals surface area (Å²) in [7, 11) is 0. The van der Waals surface area contributed by atoms with E-state index in [0.29, 0.717) is 11.5 Å². The third kappa shape index (κ3) is 3.53. The normalized spacial score (nSPS) is 18.8. The minimum Gasteiger partial charge on any atom is -0.338 e. The van der Waals surface area contributed by atoms with Crippen LogP contribution in [0.2, 0.25) is 0 Å². The maximum Gasteiger partial charge on any atom is 0.257 e. The number of carbonyl (C=O) groups excluding carboxylic acids is 1. The molecular weight excluding hydrogens is 320 g/mol. The molecule has 1 unspecified atom stereocenters. The number of hydrogen-bond donors (Lipinski definition) is 0. The standard InChI is InChI=1S/C18H26N4OS/c1-5-15-12-24-16(20-15)13-7-6-8-21(10-13)17(23)14-9-19-22(11-14)18(2,3)4/h9,11-13H,5-8,10H2,1-4H3. The summed E-state index contributed by atoms with van der Waals surface area (Å²) in [5, 5.41) is 7.67. The average molecular weight is 347 g/mol. The molecule has 0 saturated carbocycles. The third-order valence-electron chi connectivity index (χ3n) is 4.51. The fourth-order valence-electron chi connectivity index (χ4n) is 3.02. The Hall–Kier alpha value is -1.69. The van der Waals surface area contributed by atoms with E-state index < -0.39 is 0 Å². The van der Waals surface area contributed by atoms with Crippen LogP contribution >= 0.6 is 11.3 Å². The Balaban J connectivity index is 1.72. The summed E-state index contributed by atoms with van der Waals surface area (Å²) in [5.41, 5.74) is 1.73. The first-order chi connectivity index (χ1) is 11.4. The Morgan fingerprint density at radius 1 is 1.42 bits per heavy atom. The van der Waals surface area contributed by atoms with Gasteiger partial charge in [-0.1, -0.05) is 6.92 Å². The van der Waals surface area contributed by atoms with E-state index in [-0.39, 0.29) is 11.4 Å². The number of aromatic nitrogens is 3. The van der Waals surface area contributed by atoms with E-state index in [0.717, 1.165) is 38.0 Å². The molecule has 1 amide bonds. The van der Waals surface area contributed by atoms with Crippen molar-refractivity contribution in [1.82, 2.24) is 19.7 Å². The number of piperidine rings is 1. The highest BCUT2D eigenvalue weighted by atomic mass is 32.1. The van der Waals surface area contributed by atoms with E-state index in [9.17, 15) is 4.79 Å². The first-order valence-electron chi connectivity index (χ1n) is 8.67. The predicted octanol–water partition coefficient (Wildman–Crippen LogP) is 3.68. The molecule has 0 aliphatic carbocycles. The van der Waals surface area contributed by atoms with Gasteiger partial charge in [0.15, 0.2) is 0 Å². The van der Waals surface area contributed by atoms with Crippen LogP contribution in [0.1, 0.15) is 67.5 Å². The maximum absolute atomic E-state index is 12.8. The minimum atomic E-state index is -0.111. The first-order valence-corrected chi connectivity index (χ1v) is 9.55. The van der Waals surface area contributed by atoms with Crippen molar-refractivity contribution in [3.8, 4) is 0 Å². The molecule has 3 heterocycles. The molecule has 1 aliphatic heterocycles. The number of carbonyl (C=O) groups is 1. The van der Waals surface area contributed by atoms with E-state index in [1.165, 1.54) is 5.01 Å². The summed E-state index contributed by atoms with van der Waals surface area (Å²) >= 11 is 1.73. The van der Waals surface area contributed by atoms with Crippen LogP contribution in [0, 0.1) is 0 Å². The van der Waals surface area contributed by atoms with Gasteiger partial charge in [0.05, 0.1) is 28.0 Å². The fourth-order valence-corrected chi connectivity index (χ4v) is 4.05. The molecule has 24 heavy (non-hydrogen) atoms. The van der Waals surface area contributed by atoms with Crippen LogP contribution in [0.4, 0.5) is 0 Å². The van der Waals surface area contributed by atoms with Crippen molar-refractivity contribution in [2.24, 2.45) is 0 Å². The van der Waals surface area contributed by atoms with Gasteiger partial charge < -0.3 is 4.90 Å². The van der Waals surface area contributed by atoms with Gasteiger partial charge >= 0.3 is 0 Å². The molecule has 0 radical (unpaired) electrons. The summed E-state index contributed by atoms with van der Waals surface area (Å²) in [5.74, 6) is 0.452. The fraction of sp³-hybridized carbons (Fsp3) is 0.611. The molecule has 3 rings (SSSR count). The van der Waals surface area contributed by atoms with E-state index in [4.69, 9.17) is 4.98 Å². The average Bonchev–Trinajstić information content (AvgIpc) is 3.23. The second-order valence-corrected chi connectivity index (χ2v) is 8.36. The summed E-state index contributed by atoms with van der Waals surface area (Å²) in [6, 6.07) is 0. The van der Waals surface area contributed by atoms with Gasteiger partial charge in [-0.2, -0.15) is 5.10 Å². The maximum atomic E-state index is 12.8. The molecule has 1 saturated heterocycles. The molecule has 6 heteroatoms. The van der Waals surface area contributed by atoms with Gasteiger partial charge in [-0.05, 0) is 40.0 Å². The van der Waals surface area contributed by atoms with Gasteiger partial charge in [0.2, 0.25) is 0 Å². The molecule has 130 valence electrons. The zero-order valence-electron chi connectivity index (χ0n) is 15.0. The Bertz CT molecular complexity index is 713. The second kappa shape index (κ2) is 6.67. The van der Waals surface area contributed by atoms with Gasteiger partial charge in [-0.15, -0.1) is 11.3 Å². The van der Waals surface area contributed by atoms with Crippen molar-refractivity contribution in [3.63, 3.8) is 0 Å². The van der Waals surface area contributed by atoms with Crippen molar-refractivity contribution in [1.29, 1.82) is 0 Å². The smallest absolute Gasteiger partial charge is 0.257 e. The molecule has 1 fully saturated rings. The predicted molar refractivity (Wildman–Crippen MR) is 96.6 cm³/mol. The van der Waals surface area contributed by atoms with Crippen molar-refractivity contribution in [3.05, 3.63) is 34.0 Å². The van der Waals surface area contributed by atoms with E-state index in [1.807, 2.05) is 15.8 Å². The van der Waals surface area contributed by atoms with Crippen LogP contribution in [0.25, 0.3) is 0 Å². The summed E-state index contributed by atoms with van der Waals surface area (Å²) < 4.78 is 1.86. The quantitative estimate of drug-likeness (QED) is 0.852. The van der Waals surface area contributed by atoms with Crippen molar-refractivity contribution < 1.29 is 4.79 Å². The number of rotatable bonds is 3. The Kier molecular flexibility index (Phi) is 4.76. The molecule has 2 aromatic rings. The van der Waals surface area contributed by atoms with E-state index in [2.05, 4.69) is 38.2 Å². The van der Waals surface area contributed by atoms with Crippen molar-refractivity contribution in [2.75, 3.05) is 13.1 Å². The van der Waals surface area contributed by atoms with Crippen LogP contribution in [0.5, 0.6) is 0 Å². The van der Waals surface area contributed by atoms with Gasteiger partial charge in [0.1, 0.15) is 0 Å². The Morgan fingerprint density at radius 2 is 2.21 bits per heavy atom. The van der Waals surface area contributed by atoms with E-state index >= 15 is 0 Å². The summed E-state index contributed by atoms with van der Waals surface area (Å²) in [4.78, 5) is 19.5. The monoisotopic (exact) mass is 346 g/mol. The van der Waals surface area contributed by atoms with Gasteiger partial charge in [-0.3, -0.25) is 9.48 Å². The number of aryl methyl sites for hydroxylation is 1. The third-order valence-corrected chi connectivity index (χ3v) is 5.56. The van der Waals surface area contributed by atoms with Gasteiger partial charge in [0, 0.05) is 30.6 Å². The highest BCUT2D eigenvalue weighted by molar-refractivity contribution is 7.09. The summed E-state index contributed by atoms with van der Waals surface area (Å²) in [6.45, 7) is 9.96. The largest absolute Gasteiger partial charge is 0.338 e. The van der Waals surface area contributed by atoms with E-state index in [1.54, 1.807) is 17.5 Å².